The molecule has 0 spiro atoms. The quantitative estimate of drug-likeness (QED) is 0.909. The standard InChI is InChI=1S/C16H20N4OS/c21-16(20-12-6-2-1-3-7-12)18-10-13-11-22-15(19-13)14-8-4-5-9-17-14/h4-5,8-9,11-12H,1-3,6-7,10H2,(H2,18,20,21). The molecule has 0 bridgehead atoms. The Kier molecular flexibility index (Phi) is 5.00. The summed E-state index contributed by atoms with van der Waals surface area (Å²) in [6, 6.07) is 5.99. The summed E-state index contributed by atoms with van der Waals surface area (Å²) in [5.74, 6) is 0. The number of thiazole rings is 1. The average Bonchev–Trinajstić information content (AvgIpc) is 3.04. The van der Waals surface area contributed by atoms with E-state index < -0.39 is 0 Å². The van der Waals surface area contributed by atoms with E-state index in [1.807, 2.05) is 23.6 Å². The third-order valence-electron chi connectivity index (χ3n) is 3.81. The molecule has 2 N–H and O–H groups in total. The highest BCUT2D eigenvalue weighted by Gasteiger charge is 2.15. The maximum absolute atomic E-state index is 11.9. The minimum atomic E-state index is -0.0979. The summed E-state index contributed by atoms with van der Waals surface area (Å²) in [6.07, 6.45) is 7.65. The van der Waals surface area contributed by atoms with Gasteiger partial charge in [0.15, 0.2) is 0 Å². The Morgan fingerprint density at radius 1 is 1.27 bits per heavy atom. The molecule has 0 aromatic carbocycles. The normalized spacial score (nSPS) is 15.5. The Labute approximate surface area is 134 Å². The van der Waals surface area contributed by atoms with Crippen molar-refractivity contribution in [2.75, 3.05) is 0 Å². The Balaban J connectivity index is 1.49. The summed E-state index contributed by atoms with van der Waals surface area (Å²) in [5.41, 5.74) is 1.73. The highest BCUT2D eigenvalue weighted by molar-refractivity contribution is 7.13. The van der Waals surface area contributed by atoms with Crippen LogP contribution in [0.15, 0.2) is 29.8 Å². The van der Waals surface area contributed by atoms with E-state index in [4.69, 9.17) is 0 Å². The van der Waals surface area contributed by atoms with Gasteiger partial charge in [-0.3, -0.25) is 4.98 Å². The third kappa shape index (κ3) is 4.04. The van der Waals surface area contributed by atoms with Crippen molar-refractivity contribution in [1.82, 2.24) is 20.6 Å². The number of carbonyl (C=O) groups is 1. The van der Waals surface area contributed by atoms with Gasteiger partial charge in [0, 0.05) is 17.6 Å². The van der Waals surface area contributed by atoms with Gasteiger partial charge in [0.25, 0.3) is 0 Å². The van der Waals surface area contributed by atoms with E-state index in [0.717, 1.165) is 29.2 Å². The van der Waals surface area contributed by atoms with Gasteiger partial charge in [-0.25, -0.2) is 9.78 Å². The maximum atomic E-state index is 11.9. The number of pyridine rings is 1. The van der Waals surface area contributed by atoms with E-state index in [0.29, 0.717) is 12.6 Å². The van der Waals surface area contributed by atoms with Crippen LogP contribution in [0.4, 0.5) is 4.79 Å². The molecule has 1 aliphatic rings. The van der Waals surface area contributed by atoms with E-state index in [1.54, 1.807) is 17.5 Å². The largest absolute Gasteiger partial charge is 0.335 e. The molecule has 6 heteroatoms. The molecule has 3 rings (SSSR count). The van der Waals surface area contributed by atoms with Crippen LogP contribution in [-0.4, -0.2) is 22.0 Å². The molecule has 0 saturated heterocycles. The fourth-order valence-corrected chi connectivity index (χ4v) is 3.44. The summed E-state index contributed by atoms with van der Waals surface area (Å²) in [7, 11) is 0. The summed E-state index contributed by atoms with van der Waals surface area (Å²) in [6.45, 7) is 0.446. The van der Waals surface area contributed by atoms with E-state index in [9.17, 15) is 4.79 Å². The van der Waals surface area contributed by atoms with Gasteiger partial charge in [-0.15, -0.1) is 11.3 Å². The number of urea groups is 1. The number of aromatic nitrogens is 2. The van der Waals surface area contributed by atoms with Crippen LogP contribution in [0.5, 0.6) is 0 Å². The van der Waals surface area contributed by atoms with Crippen molar-refractivity contribution in [2.24, 2.45) is 0 Å². The van der Waals surface area contributed by atoms with Crippen molar-refractivity contribution in [1.29, 1.82) is 0 Å². The van der Waals surface area contributed by atoms with Crippen LogP contribution in [0.1, 0.15) is 37.8 Å². The van der Waals surface area contributed by atoms with Crippen molar-refractivity contribution in [3.05, 3.63) is 35.5 Å². The number of nitrogens with zero attached hydrogens (tertiary/aromatic N) is 2. The lowest BCUT2D eigenvalue weighted by Gasteiger charge is -2.22. The lowest BCUT2D eigenvalue weighted by Crippen LogP contribution is -2.42. The molecule has 22 heavy (non-hydrogen) atoms. The zero-order chi connectivity index (χ0) is 15.2. The number of rotatable bonds is 4. The minimum absolute atomic E-state index is 0.0979. The first-order valence-corrected chi connectivity index (χ1v) is 8.59. The molecule has 2 aromatic heterocycles. The van der Waals surface area contributed by atoms with Crippen molar-refractivity contribution >= 4 is 17.4 Å². The molecule has 0 unspecified atom stereocenters. The molecule has 2 heterocycles. The SMILES string of the molecule is O=C(NCc1csc(-c2ccccn2)n1)NC1CCCCC1. The highest BCUT2D eigenvalue weighted by atomic mass is 32.1. The van der Waals surface area contributed by atoms with E-state index in [2.05, 4.69) is 20.6 Å². The molecular formula is C16H20N4OS. The molecule has 1 saturated carbocycles. The summed E-state index contributed by atoms with van der Waals surface area (Å²) < 4.78 is 0. The minimum Gasteiger partial charge on any atom is -0.335 e. The van der Waals surface area contributed by atoms with Crippen LogP contribution in [0.25, 0.3) is 10.7 Å². The third-order valence-corrected chi connectivity index (χ3v) is 4.72. The Morgan fingerprint density at radius 2 is 2.14 bits per heavy atom. The summed E-state index contributed by atoms with van der Waals surface area (Å²) in [4.78, 5) is 20.7. The van der Waals surface area contributed by atoms with Gasteiger partial charge in [-0.05, 0) is 25.0 Å². The number of nitrogens with one attached hydrogen (secondary N) is 2. The topological polar surface area (TPSA) is 66.9 Å². The highest BCUT2D eigenvalue weighted by Crippen LogP contribution is 2.21. The molecule has 2 amide bonds. The van der Waals surface area contributed by atoms with Crippen LogP contribution < -0.4 is 10.6 Å². The van der Waals surface area contributed by atoms with E-state index in [-0.39, 0.29) is 6.03 Å². The second kappa shape index (κ2) is 7.35. The molecule has 0 atom stereocenters. The monoisotopic (exact) mass is 316 g/mol. The molecular weight excluding hydrogens is 296 g/mol. The fraction of sp³-hybridized carbons (Fsp3) is 0.438. The van der Waals surface area contributed by atoms with Gasteiger partial charge in [-0.1, -0.05) is 25.3 Å². The lowest BCUT2D eigenvalue weighted by atomic mass is 9.96. The van der Waals surface area contributed by atoms with Crippen LogP contribution in [0.2, 0.25) is 0 Å². The lowest BCUT2D eigenvalue weighted by molar-refractivity contribution is 0.232. The van der Waals surface area contributed by atoms with Crippen LogP contribution >= 0.6 is 11.3 Å². The average molecular weight is 316 g/mol. The van der Waals surface area contributed by atoms with Gasteiger partial charge < -0.3 is 10.6 Å². The molecule has 1 aliphatic carbocycles. The first-order valence-electron chi connectivity index (χ1n) is 7.71. The van der Waals surface area contributed by atoms with Gasteiger partial charge in [0.05, 0.1) is 17.9 Å². The van der Waals surface area contributed by atoms with Gasteiger partial charge >= 0.3 is 6.03 Å². The van der Waals surface area contributed by atoms with Gasteiger partial charge in [0.2, 0.25) is 0 Å². The fourth-order valence-electron chi connectivity index (χ4n) is 2.65. The van der Waals surface area contributed by atoms with Crippen molar-refractivity contribution < 1.29 is 4.79 Å². The van der Waals surface area contributed by atoms with E-state index >= 15 is 0 Å². The Bertz CT molecular complexity index is 608. The van der Waals surface area contributed by atoms with Crippen LogP contribution in [0, 0.1) is 0 Å². The second-order valence-electron chi connectivity index (χ2n) is 5.52. The number of amides is 2. The van der Waals surface area contributed by atoms with Crippen LogP contribution in [0.3, 0.4) is 0 Å². The van der Waals surface area contributed by atoms with Crippen molar-refractivity contribution in [3.8, 4) is 10.7 Å². The van der Waals surface area contributed by atoms with E-state index in [1.165, 1.54) is 19.3 Å². The summed E-state index contributed by atoms with van der Waals surface area (Å²) in [5, 5.41) is 8.77. The molecule has 1 fully saturated rings. The molecule has 116 valence electrons. The number of hydrogen-bond donors (Lipinski definition) is 2. The van der Waals surface area contributed by atoms with Crippen molar-refractivity contribution in [2.45, 2.75) is 44.7 Å². The zero-order valence-electron chi connectivity index (χ0n) is 12.4. The molecule has 0 radical (unpaired) electrons. The Morgan fingerprint density at radius 3 is 2.91 bits per heavy atom. The maximum Gasteiger partial charge on any atom is 0.315 e. The van der Waals surface area contributed by atoms with Gasteiger partial charge in [-0.2, -0.15) is 0 Å². The molecule has 5 nitrogen and oxygen atoms in total. The smallest absolute Gasteiger partial charge is 0.315 e. The first-order chi connectivity index (χ1) is 10.8. The number of hydrogen-bond acceptors (Lipinski definition) is 4. The zero-order valence-corrected chi connectivity index (χ0v) is 13.2. The predicted molar refractivity (Wildman–Crippen MR) is 87.6 cm³/mol. The number of carbonyl (C=O) groups excluding carboxylic acids is 1. The summed E-state index contributed by atoms with van der Waals surface area (Å²) >= 11 is 1.54. The van der Waals surface area contributed by atoms with Gasteiger partial charge in [0.1, 0.15) is 5.01 Å². The Hall–Kier alpha value is -1.95. The van der Waals surface area contributed by atoms with Crippen LogP contribution in [-0.2, 0) is 6.54 Å². The molecule has 0 aliphatic heterocycles. The first kappa shape index (κ1) is 15.0. The predicted octanol–water partition coefficient (Wildman–Crippen LogP) is 3.34. The second-order valence-corrected chi connectivity index (χ2v) is 6.38. The molecule has 2 aromatic rings. The van der Waals surface area contributed by atoms with Crippen molar-refractivity contribution in [3.63, 3.8) is 0 Å².